The molecule has 0 saturated carbocycles. The van der Waals surface area contributed by atoms with Crippen LogP contribution in [0.15, 0.2) is 42.6 Å². The summed E-state index contributed by atoms with van der Waals surface area (Å²) in [6.07, 6.45) is 3.90. The maximum atomic E-state index is 12.3. The first-order chi connectivity index (χ1) is 12.0. The number of aromatic nitrogens is 1. The second-order valence-electron chi connectivity index (χ2n) is 6.33. The summed E-state index contributed by atoms with van der Waals surface area (Å²) in [6.45, 7) is 6.86. The number of hydrogen-bond acceptors (Lipinski definition) is 4. The predicted molar refractivity (Wildman–Crippen MR) is 102 cm³/mol. The smallest absolute Gasteiger partial charge is 0.272 e. The van der Waals surface area contributed by atoms with Gasteiger partial charge in [0.2, 0.25) is 0 Å². The number of ether oxygens (including phenoxy) is 1. The normalized spacial score (nSPS) is 10.6. The SMILES string of the molecule is CCCCN(C)C(=O)c1ccc(Nc2ccc(OC(C)C)cc2)cn1. The van der Waals surface area contributed by atoms with Crippen LogP contribution in [0.4, 0.5) is 11.4 Å². The molecule has 25 heavy (non-hydrogen) atoms. The van der Waals surface area contributed by atoms with Crippen molar-refractivity contribution in [3.05, 3.63) is 48.3 Å². The van der Waals surface area contributed by atoms with E-state index in [1.807, 2.05) is 51.2 Å². The van der Waals surface area contributed by atoms with Gasteiger partial charge in [-0.05, 0) is 56.7 Å². The van der Waals surface area contributed by atoms with Crippen LogP contribution in [0, 0.1) is 0 Å². The van der Waals surface area contributed by atoms with Gasteiger partial charge in [-0.3, -0.25) is 4.79 Å². The van der Waals surface area contributed by atoms with E-state index in [2.05, 4.69) is 17.2 Å². The van der Waals surface area contributed by atoms with Crippen LogP contribution in [0.2, 0.25) is 0 Å². The average Bonchev–Trinajstić information content (AvgIpc) is 2.61. The van der Waals surface area contributed by atoms with Gasteiger partial charge in [-0.2, -0.15) is 0 Å². The Labute approximate surface area is 150 Å². The van der Waals surface area contributed by atoms with Crippen LogP contribution in [0.3, 0.4) is 0 Å². The van der Waals surface area contributed by atoms with Crippen LogP contribution >= 0.6 is 0 Å². The summed E-state index contributed by atoms with van der Waals surface area (Å²) in [5.41, 5.74) is 2.24. The first kappa shape index (κ1) is 18.8. The number of nitrogens with zero attached hydrogens (tertiary/aromatic N) is 2. The maximum Gasteiger partial charge on any atom is 0.272 e. The molecule has 1 heterocycles. The fourth-order valence-electron chi connectivity index (χ4n) is 2.34. The van der Waals surface area contributed by atoms with Gasteiger partial charge in [0, 0.05) is 19.3 Å². The molecule has 1 amide bonds. The highest BCUT2D eigenvalue weighted by molar-refractivity contribution is 5.92. The van der Waals surface area contributed by atoms with Crippen molar-refractivity contribution in [3.63, 3.8) is 0 Å². The molecular formula is C20H27N3O2. The number of unbranched alkanes of at least 4 members (excludes halogenated alkanes) is 1. The summed E-state index contributed by atoms with van der Waals surface area (Å²) in [4.78, 5) is 18.3. The van der Waals surface area contributed by atoms with Crippen molar-refractivity contribution in [2.75, 3.05) is 18.9 Å². The van der Waals surface area contributed by atoms with Gasteiger partial charge < -0.3 is 15.0 Å². The summed E-state index contributed by atoms with van der Waals surface area (Å²) < 4.78 is 5.63. The van der Waals surface area contributed by atoms with Gasteiger partial charge in [0.25, 0.3) is 5.91 Å². The van der Waals surface area contributed by atoms with Crippen molar-refractivity contribution in [3.8, 4) is 5.75 Å². The molecule has 1 aromatic carbocycles. The van der Waals surface area contributed by atoms with Gasteiger partial charge in [-0.15, -0.1) is 0 Å². The lowest BCUT2D eigenvalue weighted by Crippen LogP contribution is -2.28. The molecule has 0 atom stereocenters. The van der Waals surface area contributed by atoms with Gasteiger partial charge in [0.05, 0.1) is 18.0 Å². The minimum atomic E-state index is -0.0461. The third kappa shape index (κ3) is 5.78. The molecule has 0 aliphatic carbocycles. The molecule has 2 rings (SSSR count). The van der Waals surface area contributed by atoms with E-state index >= 15 is 0 Å². The van der Waals surface area contributed by atoms with Gasteiger partial charge in [0.15, 0.2) is 0 Å². The molecule has 2 aromatic rings. The van der Waals surface area contributed by atoms with Crippen molar-refractivity contribution in [1.29, 1.82) is 0 Å². The van der Waals surface area contributed by atoms with Gasteiger partial charge in [0.1, 0.15) is 11.4 Å². The monoisotopic (exact) mass is 341 g/mol. The molecule has 0 aliphatic heterocycles. The lowest BCUT2D eigenvalue weighted by atomic mass is 10.2. The average molecular weight is 341 g/mol. The lowest BCUT2D eigenvalue weighted by molar-refractivity contribution is 0.0787. The molecule has 0 unspecified atom stereocenters. The standard InChI is InChI=1S/C20H27N3O2/c1-5-6-13-23(4)20(24)19-12-9-17(14-21-19)22-16-7-10-18(11-8-16)25-15(2)3/h7-12,14-15,22H,5-6,13H2,1-4H3. The molecule has 0 aliphatic rings. The van der Waals surface area contributed by atoms with Crippen molar-refractivity contribution >= 4 is 17.3 Å². The Balaban J connectivity index is 1.97. The maximum absolute atomic E-state index is 12.3. The number of amides is 1. The minimum Gasteiger partial charge on any atom is -0.491 e. The second-order valence-corrected chi connectivity index (χ2v) is 6.33. The Hall–Kier alpha value is -2.56. The number of benzene rings is 1. The number of carbonyl (C=O) groups is 1. The number of hydrogen-bond donors (Lipinski definition) is 1. The number of carbonyl (C=O) groups excluding carboxylic acids is 1. The molecule has 134 valence electrons. The zero-order chi connectivity index (χ0) is 18.2. The topological polar surface area (TPSA) is 54.5 Å². The quantitative estimate of drug-likeness (QED) is 0.769. The van der Waals surface area contributed by atoms with E-state index in [0.717, 1.165) is 36.5 Å². The predicted octanol–water partition coefficient (Wildman–Crippen LogP) is 4.48. The number of anilines is 2. The number of rotatable bonds is 8. The van der Waals surface area contributed by atoms with Crippen molar-refractivity contribution < 1.29 is 9.53 Å². The van der Waals surface area contributed by atoms with Crippen LogP contribution < -0.4 is 10.1 Å². The summed E-state index contributed by atoms with van der Waals surface area (Å²) in [5, 5.41) is 3.27. The first-order valence-corrected chi connectivity index (χ1v) is 8.75. The van der Waals surface area contributed by atoms with E-state index in [9.17, 15) is 4.79 Å². The summed E-state index contributed by atoms with van der Waals surface area (Å²) in [7, 11) is 1.81. The fourth-order valence-corrected chi connectivity index (χ4v) is 2.34. The first-order valence-electron chi connectivity index (χ1n) is 8.75. The van der Waals surface area contributed by atoms with E-state index < -0.39 is 0 Å². The van der Waals surface area contributed by atoms with Gasteiger partial charge in [-0.25, -0.2) is 4.98 Å². The van der Waals surface area contributed by atoms with Crippen LogP contribution in [-0.2, 0) is 0 Å². The van der Waals surface area contributed by atoms with Gasteiger partial charge >= 0.3 is 0 Å². The van der Waals surface area contributed by atoms with Crippen molar-refractivity contribution in [1.82, 2.24) is 9.88 Å². The molecule has 0 bridgehead atoms. The highest BCUT2D eigenvalue weighted by Gasteiger charge is 2.12. The highest BCUT2D eigenvalue weighted by Crippen LogP contribution is 2.20. The molecule has 1 N–H and O–H groups in total. The second kappa shape index (κ2) is 9.06. The minimum absolute atomic E-state index is 0.0461. The molecule has 0 saturated heterocycles. The van der Waals surface area contributed by atoms with Crippen LogP contribution in [-0.4, -0.2) is 35.5 Å². The summed E-state index contributed by atoms with van der Waals surface area (Å²) in [5.74, 6) is 0.796. The van der Waals surface area contributed by atoms with E-state index in [1.165, 1.54) is 0 Å². The number of pyridine rings is 1. The van der Waals surface area contributed by atoms with Crippen LogP contribution in [0.1, 0.15) is 44.1 Å². The summed E-state index contributed by atoms with van der Waals surface area (Å²) >= 11 is 0. The van der Waals surface area contributed by atoms with Crippen molar-refractivity contribution in [2.24, 2.45) is 0 Å². The van der Waals surface area contributed by atoms with Crippen LogP contribution in [0.25, 0.3) is 0 Å². The third-order valence-corrected chi connectivity index (χ3v) is 3.69. The molecule has 5 heteroatoms. The zero-order valence-corrected chi connectivity index (χ0v) is 15.5. The number of nitrogens with one attached hydrogen (secondary N) is 1. The highest BCUT2D eigenvalue weighted by atomic mass is 16.5. The fraction of sp³-hybridized carbons (Fsp3) is 0.400. The Morgan fingerprint density at radius 3 is 2.40 bits per heavy atom. The van der Waals surface area contributed by atoms with E-state index in [-0.39, 0.29) is 12.0 Å². The van der Waals surface area contributed by atoms with Crippen molar-refractivity contribution in [2.45, 2.75) is 39.7 Å². The molecule has 0 radical (unpaired) electrons. The Kier molecular flexibility index (Phi) is 6.81. The Morgan fingerprint density at radius 1 is 1.16 bits per heavy atom. The molecular weight excluding hydrogens is 314 g/mol. The molecule has 0 spiro atoms. The summed E-state index contributed by atoms with van der Waals surface area (Å²) in [6, 6.07) is 11.4. The lowest BCUT2D eigenvalue weighted by Gasteiger charge is -2.16. The zero-order valence-electron chi connectivity index (χ0n) is 15.5. The Morgan fingerprint density at radius 2 is 1.84 bits per heavy atom. The third-order valence-electron chi connectivity index (χ3n) is 3.69. The molecule has 5 nitrogen and oxygen atoms in total. The van der Waals surface area contributed by atoms with E-state index in [0.29, 0.717) is 5.69 Å². The van der Waals surface area contributed by atoms with Gasteiger partial charge in [-0.1, -0.05) is 13.3 Å². The van der Waals surface area contributed by atoms with E-state index in [4.69, 9.17) is 4.74 Å². The Bertz CT molecular complexity index is 666. The largest absolute Gasteiger partial charge is 0.491 e. The van der Waals surface area contributed by atoms with E-state index in [1.54, 1.807) is 17.2 Å². The van der Waals surface area contributed by atoms with Crippen LogP contribution in [0.5, 0.6) is 5.75 Å². The molecule has 0 fully saturated rings. The molecule has 1 aromatic heterocycles.